The number of rotatable bonds is 4. The molecule has 0 radical (unpaired) electrons. The van der Waals surface area contributed by atoms with E-state index in [1.807, 2.05) is 12.1 Å². The van der Waals surface area contributed by atoms with Gasteiger partial charge in [0.25, 0.3) is 11.5 Å². The third-order valence-corrected chi connectivity index (χ3v) is 5.87. The summed E-state index contributed by atoms with van der Waals surface area (Å²) in [6, 6.07) is 10.6. The van der Waals surface area contributed by atoms with Crippen LogP contribution in [0.25, 0.3) is 16.7 Å². The quantitative estimate of drug-likeness (QED) is 0.501. The lowest BCUT2D eigenvalue weighted by atomic mass is 10.1. The van der Waals surface area contributed by atoms with E-state index in [9.17, 15) is 9.59 Å². The van der Waals surface area contributed by atoms with Crippen molar-refractivity contribution in [2.75, 3.05) is 0 Å². The Morgan fingerprint density at radius 1 is 1.19 bits per heavy atom. The van der Waals surface area contributed by atoms with Crippen LogP contribution in [-0.4, -0.2) is 24.8 Å². The molecule has 0 atom stereocenters. The van der Waals surface area contributed by atoms with E-state index >= 15 is 0 Å². The van der Waals surface area contributed by atoms with Crippen LogP contribution in [0.5, 0.6) is 0 Å². The summed E-state index contributed by atoms with van der Waals surface area (Å²) in [4.78, 5) is 35.0. The Balaban J connectivity index is 1.68. The zero-order chi connectivity index (χ0) is 21.4. The molecule has 8 heteroatoms. The fourth-order valence-corrected chi connectivity index (χ4v) is 4.32. The Morgan fingerprint density at radius 2 is 2.03 bits per heavy atom. The van der Waals surface area contributed by atoms with E-state index in [1.54, 1.807) is 41.4 Å². The molecular formula is C23H22N6O2. The van der Waals surface area contributed by atoms with E-state index in [4.69, 9.17) is 10.4 Å². The molecule has 0 aromatic carbocycles. The minimum Gasteiger partial charge on any atom is -0.348 e. The van der Waals surface area contributed by atoms with Crippen LogP contribution < -0.4 is 16.4 Å². The van der Waals surface area contributed by atoms with Gasteiger partial charge in [0.1, 0.15) is 16.8 Å². The third-order valence-electron chi connectivity index (χ3n) is 5.87. The first-order chi connectivity index (χ1) is 15.1. The summed E-state index contributed by atoms with van der Waals surface area (Å²) >= 11 is 0. The highest BCUT2D eigenvalue weighted by Gasteiger charge is 2.24. The van der Waals surface area contributed by atoms with Gasteiger partial charge in [-0.3, -0.25) is 24.4 Å². The van der Waals surface area contributed by atoms with Gasteiger partial charge in [-0.1, -0.05) is 25.0 Å². The summed E-state index contributed by atoms with van der Waals surface area (Å²) in [5.74, 6) is -0.389. The molecule has 0 unspecified atom stereocenters. The summed E-state index contributed by atoms with van der Waals surface area (Å²) in [5, 5.41) is 12.0. The van der Waals surface area contributed by atoms with Gasteiger partial charge in [0, 0.05) is 31.2 Å². The summed E-state index contributed by atoms with van der Waals surface area (Å²) < 4.78 is 3.26. The molecule has 1 amide bonds. The topological polar surface area (TPSA) is 105 Å². The van der Waals surface area contributed by atoms with Crippen molar-refractivity contribution in [3.05, 3.63) is 82.0 Å². The number of aromatic nitrogens is 4. The van der Waals surface area contributed by atoms with Crippen molar-refractivity contribution in [2.24, 2.45) is 0 Å². The molecule has 0 saturated heterocycles. The molecule has 1 aliphatic rings. The molecule has 1 aliphatic carbocycles. The molecule has 5 rings (SSSR count). The Morgan fingerprint density at radius 3 is 2.81 bits per heavy atom. The normalized spacial score (nSPS) is 14.3. The van der Waals surface area contributed by atoms with E-state index in [2.05, 4.69) is 10.3 Å². The maximum Gasteiger partial charge on any atom is 0.267 e. The van der Waals surface area contributed by atoms with Gasteiger partial charge in [-0.15, -0.1) is 0 Å². The van der Waals surface area contributed by atoms with Crippen LogP contribution >= 0.6 is 0 Å². The third kappa shape index (κ3) is 3.39. The van der Waals surface area contributed by atoms with Crippen molar-refractivity contribution in [3.8, 4) is 0 Å². The lowest BCUT2D eigenvalue weighted by Gasteiger charge is -2.19. The summed E-state index contributed by atoms with van der Waals surface area (Å²) in [7, 11) is 0. The van der Waals surface area contributed by atoms with Gasteiger partial charge in [-0.25, -0.2) is 4.98 Å². The van der Waals surface area contributed by atoms with Crippen molar-refractivity contribution in [1.29, 1.82) is 5.41 Å². The van der Waals surface area contributed by atoms with Gasteiger partial charge in [-0.2, -0.15) is 0 Å². The standard InChI is InChI=1S/C23H22N6O2/c24-20-17(22(30)26-14-15-6-5-10-25-13-15)12-18-21(29(20)16-7-1-2-8-16)27-19-9-3-4-11-28(19)23(18)31/h3-6,9-13,16,24H,1-2,7-8,14H2,(H,26,30). The number of fused-ring (bicyclic) bond motifs is 2. The zero-order valence-corrected chi connectivity index (χ0v) is 16.9. The predicted octanol–water partition coefficient (Wildman–Crippen LogP) is 2.57. The minimum atomic E-state index is -0.389. The molecule has 2 N–H and O–H groups in total. The van der Waals surface area contributed by atoms with Crippen LogP contribution in [-0.2, 0) is 6.54 Å². The van der Waals surface area contributed by atoms with Gasteiger partial charge in [0.05, 0.1) is 10.9 Å². The predicted molar refractivity (Wildman–Crippen MR) is 116 cm³/mol. The smallest absolute Gasteiger partial charge is 0.267 e. The van der Waals surface area contributed by atoms with Crippen LogP contribution in [0.1, 0.15) is 47.6 Å². The van der Waals surface area contributed by atoms with Crippen molar-refractivity contribution < 1.29 is 4.79 Å². The monoisotopic (exact) mass is 414 g/mol. The maximum atomic E-state index is 13.2. The first kappa shape index (κ1) is 19.2. The van der Waals surface area contributed by atoms with Crippen molar-refractivity contribution >= 4 is 22.6 Å². The van der Waals surface area contributed by atoms with Gasteiger partial charge < -0.3 is 9.88 Å². The van der Waals surface area contributed by atoms with Crippen LogP contribution in [0.4, 0.5) is 0 Å². The highest BCUT2D eigenvalue weighted by atomic mass is 16.1. The summed E-state index contributed by atoms with van der Waals surface area (Å²) in [6.45, 7) is 0.294. The van der Waals surface area contributed by atoms with Gasteiger partial charge in [0.15, 0.2) is 0 Å². The lowest BCUT2D eigenvalue weighted by molar-refractivity contribution is 0.0948. The van der Waals surface area contributed by atoms with E-state index < -0.39 is 0 Å². The van der Waals surface area contributed by atoms with E-state index in [1.165, 1.54) is 10.5 Å². The molecule has 156 valence electrons. The molecule has 4 aromatic heterocycles. The second-order valence-corrected chi connectivity index (χ2v) is 7.84. The molecule has 4 aromatic rings. The van der Waals surface area contributed by atoms with Gasteiger partial charge >= 0.3 is 0 Å². The van der Waals surface area contributed by atoms with Gasteiger partial charge in [-0.05, 0) is 42.7 Å². The Labute approximate surface area is 177 Å². The zero-order valence-electron chi connectivity index (χ0n) is 16.9. The van der Waals surface area contributed by atoms with Crippen LogP contribution in [0.3, 0.4) is 0 Å². The second-order valence-electron chi connectivity index (χ2n) is 7.84. The molecule has 0 bridgehead atoms. The molecule has 8 nitrogen and oxygen atoms in total. The fraction of sp³-hybridized carbons (Fsp3) is 0.261. The number of nitrogens with one attached hydrogen (secondary N) is 2. The average Bonchev–Trinajstić information content (AvgIpc) is 3.32. The summed E-state index contributed by atoms with van der Waals surface area (Å²) in [6.07, 6.45) is 8.95. The number of carbonyl (C=O) groups is 1. The van der Waals surface area contributed by atoms with E-state index in [0.29, 0.717) is 23.2 Å². The maximum absolute atomic E-state index is 13.2. The molecule has 31 heavy (non-hydrogen) atoms. The largest absolute Gasteiger partial charge is 0.348 e. The first-order valence-electron chi connectivity index (χ1n) is 10.4. The first-order valence-corrected chi connectivity index (χ1v) is 10.4. The molecule has 1 fully saturated rings. The SMILES string of the molecule is N=c1c(C(=O)NCc2cccnc2)cc2c(=O)n3ccccc3nc2n1C1CCCC1. The molecule has 1 saturated carbocycles. The second kappa shape index (κ2) is 7.79. The molecular weight excluding hydrogens is 392 g/mol. The van der Waals surface area contributed by atoms with E-state index in [-0.39, 0.29) is 28.6 Å². The Kier molecular flexibility index (Phi) is 4.82. The number of hydrogen-bond acceptors (Lipinski definition) is 5. The molecule has 4 heterocycles. The van der Waals surface area contributed by atoms with Gasteiger partial charge in [0.2, 0.25) is 0 Å². The van der Waals surface area contributed by atoms with Crippen molar-refractivity contribution in [3.63, 3.8) is 0 Å². The van der Waals surface area contributed by atoms with Crippen LogP contribution in [0.2, 0.25) is 0 Å². The Bertz CT molecular complexity index is 1400. The fourth-order valence-electron chi connectivity index (χ4n) is 4.32. The summed E-state index contributed by atoms with van der Waals surface area (Å²) in [5.41, 5.74) is 1.89. The van der Waals surface area contributed by atoms with Crippen molar-refractivity contribution in [1.82, 2.24) is 24.3 Å². The number of carbonyl (C=O) groups excluding carboxylic acids is 1. The van der Waals surface area contributed by atoms with Crippen LogP contribution in [0.15, 0.2) is 59.8 Å². The number of pyridine rings is 3. The lowest BCUT2D eigenvalue weighted by Crippen LogP contribution is -2.36. The number of hydrogen-bond donors (Lipinski definition) is 2. The number of nitrogens with zero attached hydrogens (tertiary/aromatic N) is 4. The highest BCUT2D eigenvalue weighted by molar-refractivity contribution is 5.96. The average molecular weight is 414 g/mol. The molecule has 0 spiro atoms. The van der Waals surface area contributed by atoms with Crippen molar-refractivity contribution in [2.45, 2.75) is 38.3 Å². The molecule has 0 aliphatic heterocycles. The highest BCUT2D eigenvalue weighted by Crippen LogP contribution is 2.30. The number of amides is 1. The van der Waals surface area contributed by atoms with Crippen LogP contribution in [0, 0.1) is 5.41 Å². The minimum absolute atomic E-state index is 0.0548. The van der Waals surface area contributed by atoms with E-state index in [0.717, 1.165) is 31.2 Å². The Hall–Kier alpha value is -3.81.